The van der Waals surface area contributed by atoms with Crippen molar-refractivity contribution in [2.75, 3.05) is 20.2 Å². The van der Waals surface area contributed by atoms with Crippen LogP contribution in [0, 0.1) is 6.92 Å². The molecule has 0 aliphatic carbocycles. The number of likely N-dealkylation sites (tertiary alicyclic amines) is 1. The molecule has 2 heterocycles. The second-order valence-corrected chi connectivity index (χ2v) is 7.97. The van der Waals surface area contributed by atoms with Gasteiger partial charge in [-0.1, -0.05) is 30.3 Å². The number of hydrogen-bond acceptors (Lipinski definition) is 5. The summed E-state index contributed by atoms with van der Waals surface area (Å²) in [6.45, 7) is 3.91. The molecule has 1 amide bonds. The first-order valence-corrected chi connectivity index (χ1v) is 10.4. The monoisotopic (exact) mass is 394 g/mol. The Bertz CT molecular complexity index is 834. The van der Waals surface area contributed by atoms with Crippen molar-refractivity contribution in [3.63, 3.8) is 0 Å². The van der Waals surface area contributed by atoms with E-state index in [-0.39, 0.29) is 11.9 Å². The minimum absolute atomic E-state index is 0.00778. The van der Waals surface area contributed by atoms with Gasteiger partial charge in [-0.25, -0.2) is 10.9 Å². The lowest BCUT2D eigenvalue weighted by molar-refractivity contribution is 0.0879. The molecule has 2 atom stereocenters. The van der Waals surface area contributed by atoms with Gasteiger partial charge in [0, 0.05) is 30.7 Å². The maximum Gasteiger partial charge on any atom is 0.251 e. The van der Waals surface area contributed by atoms with Crippen LogP contribution in [0.4, 0.5) is 0 Å². The summed E-state index contributed by atoms with van der Waals surface area (Å²) in [5.41, 5.74) is 9.86. The molecule has 0 aromatic heterocycles. The van der Waals surface area contributed by atoms with E-state index in [1.165, 1.54) is 5.56 Å². The molecule has 6 heteroatoms. The van der Waals surface area contributed by atoms with Crippen LogP contribution in [0.15, 0.2) is 48.5 Å². The summed E-state index contributed by atoms with van der Waals surface area (Å²) in [4.78, 5) is 15.2. The fourth-order valence-electron chi connectivity index (χ4n) is 4.32. The Kier molecular flexibility index (Phi) is 6.13. The van der Waals surface area contributed by atoms with E-state index in [0.717, 1.165) is 49.2 Å². The molecular weight excluding hydrogens is 364 g/mol. The molecule has 6 nitrogen and oxygen atoms in total. The number of methoxy groups -OCH3 is 1. The van der Waals surface area contributed by atoms with Gasteiger partial charge in [-0.3, -0.25) is 9.69 Å². The van der Waals surface area contributed by atoms with Crippen molar-refractivity contribution in [1.82, 2.24) is 21.1 Å². The molecule has 2 unspecified atom stereocenters. The summed E-state index contributed by atoms with van der Waals surface area (Å²) in [5.74, 6) is 0.784. The second kappa shape index (κ2) is 8.95. The van der Waals surface area contributed by atoms with E-state index in [4.69, 9.17) is 4.74 Å². The molecule has 29 heavy (non-hydrogen) atoms. The Hall–Kier alpha value is -2.41. The van der Waals surface area contributed by atoms with E-state index in [1.807, 2.05) is 25.1 Å². The first kappa shape index (κ1) is 19.9. The largest absolute Gasteiger partial charge is 0.497 e. The van der Waals surface area contributed by atoms with E-state index in [1.54, 1.807) is 7.11 Å². The van der Waals surface area contributed by atoms with Crippen LogP contribution in [0.5, 0.6) is 5.75 Å². The highest BCUT2D eigenvalue weighted by Crippen LogP contribution is 2.25. The molecule has 2 aromatic rings. The molecule has 3 N–H and O–H groups in total. The number of carbonyl (C=O) groups is 1. The summed E-state index contributed by atoms with van der Waals surface area (Å²) >= 11 is 0. The summed E-state index contributed by atoms with van der Waals surface area (Å²) in [6.07, 6.45) is 3.32. The quantitative estimate of drug-likeness (QED) is 0.728. The van der Waals surface area contributed by atoms with Crippen LogP contribution in [0.25, 0.3) is 0 Å². The maximum atomic E-state index is 12.7. The highest BCUT2D eigenvalue weighted by atomic mass is 16.5. The number of ether oxygens (including phenoxy) is 1. The number of hydrogen-bond donors (Lipinski definition) is 3. The fraction of sp³-hybridized carbons (Fsp3) is 0.435. The van der Waals surface area contributed by atoms with Crippen LogP contribution in [0.1, 0.15) is 46.8 Å². The van der Waals surface area contributed by atoms with Crippen LogP contribution < -0.4 is 20.9 Å². The first-order chi connectivity index (χ1) is 14.1. The highest BCUT2D eigenvalue weighted by Gasteiger charge is 2.32. The van der Waals surface area contributed by atoms with Crippen molar-refractivity contribution in [2.45, 2.75) is 44.4 Å². The van der Waals surface area contributed by atoms with Crippen molar-refractivity contribution in [3.05, 3.63) is 65.2 Å². The highest BCUT2D eigenvalue weighted by molar-refractivity contribution is 5.96. The SMILES string of the molecule is COc1ccc(C(=O)NC2CCN(C3CC(c4ccccc4)NN3)CC2)c(C)c1. The fourth-order valence-corrected chi connectivity index (χ4v) is 4.32. The Labute approximate surface area is 172 Å². The minimum Gasteiger partial charge on any atom is -0.497 e. The smallest absolute Gasteiger partial charge is 0.251 e. The molecule has 2 saturated heterocycles. The number of rotatable bonds is 5. The average molecular weight is 395 g/mol. The number of aryl methyl sites for hydroxylation is 1. The third-order valence-corrected chi connectivity index (χ3v) is 6.07. The zero-order valence-corrected chi connectivity index (χ0v) is 17.2. The topological polar surface area (TPSA) is 65.6 Å². The van der Waals surface area contributed by atoms with E-state index in [9.17, 15) is 4.79 Å². The van der Waals surface area contributed by atoms with Gasteiger partial charge < -0.3 is 10.1 Å². The Balaban J connectivity index is 1.27. The molecular formula is C23H30N4O2. The summed E-state index contributed by atoms with van der Waals surface area (Å²) < 4.78 is 5.23. The number of amides is 1. The number of nitrogens with zero attached hydrogens (tertiary/aromatic N) is 1. The van der Waals surface area contributed by atoms with Crippen molar-refractivity contribution >= 4 is 5.91 Å². The van der Waals surface area contributed by atoms with Gasteiger partial charge in [-0.05, 0) is 55.5 Å². The lowest BCUT2D eigenvalue weighted by atomic mass is 10.0. The van der Waals surface area contributed by atoms with E-state index < -0.39 is 0 Å². The molecule has 2 aromatic carbocycles. The van der Waals surface area contributed by atoms with Crippen LogP contribution in [-0.4, -0.2) is 43.2 Å². The zero-order valence-electron chi connectivity index (χ0n) is 17.2. The van der Waals surface area contributed by atoms with Crippen LogP contribution in [0.3, 0.4) is 0 Å². The lowest BCUT2D eigenvalue weighted by Gasteiger charge is -2.36. The lowest BCUT2D eigenvalue weighted by Crippen LogP contribution is -2.51. The summed E-state index contributed by atoms with van der Waals surface area (Å²) in [7, 11) is 1.64. The van der Waals surface area contributed by atoms with Crippen molar-refractivity contribution in [1.29, 1.82) is 0 Å². The van der Waals surface area contributed by atoms with Gasteiger partial charge in [0.15, 0.2) is 0 Å². The first-order valence-electron chi connectivity index (χ1n) is 10.4. The third kappa shape index (κ3) is 4.61. The molecule has 154 valence electrons. The molecule has 0 spiro atoms. The Morgan fingerprint density at radius 2 is 1.86 bits per heavy atom. The summed E-state index contributed by atoms with van der Waals surface area (Å²) in [5, 5.41) is 3.22. The van der Waals surface area contributed by atoms with Gasteiger partial charge in [0.05, 0.1) is 13.3 Å². The molecule has 0 radical (unpaired) electrons. The second-order valence-electron chi connectivity index (χ2n) is 7.97. The van der Waals surface area contributed by atoms with Gasteiger partial charge in [-0.2, -0.15) is 0 Å². The molecule has 2 aliphatic rings. The van der Waals surface area contributed by atoms with E-state index in [0.29, 0.717) is 12.2 Å². The molecule has 0 bridgehead atoms. The van der Waals surface area contributed by atoms with E-state index >= 15 is 0 Å². The third-order valence-electron chi connectivity index (χ3n) is 6.07. The predicted molar refractivity (Wildman–Crippen MR) is 114 cm³/mol. The van der Waals surface area contributed by atoms with E-state index in [2.05, 4.69) is 51.4 Å². The summed E-state index contributed by atoms with van der Waals surface area (Å²) in [6, 6.07) is 16.7. The Morgan fingerprint density at radius 3 is 2.55 bits per heavy atom. The van der Waals surface area contributed by atoms with Crippen LogP contribution in [-0.2, 0) is 0 Å². The minimum atomic E-state index is 0.00778. The van der Waals surface area contributed by atoms with Crippen molar-refractivity contribution < 1.29 is 9.53 Å². The van der Waals surface area contributed by atoms with Gasteiger partial charge in [0.25, 0.3) is 5.91 Å². The number of carbonyl (C=O) groups excluding carboxylic acids is 1. The number of hydrazine groups is 1. The number of benzene rings is 2. The van der Waals surface area contributed by atoms with Gasteiger partial charge >= 0.3 is 0 Å². The predicted octanol–water partition coefficient (Wildman–Crippen LogP) is 2.76. The number of nitrogens with one attached hydrogen (secondary N) is 3. The zero-order chi connectivity index (χ0) is 20.2. The molecule has 4 rings (SSSR count). The molecule has 0 saturated carbocycles. The van der Waals surface area contributed by atoms with Crippen molar-refractivity contribution in [2.24, 2.45) is 0 Å². The van der Waals surface area contributed by atoms with Gasteiger partial charge in [-0.15, -0.1) is 0 Å². The number of piperidine rings is 1. The molecule has 2 fully saturated rings. The van der Waals surface area contributed by atoms with Crippen LogP contribution >= 0.6 is 0 Å². The maximum absolute atomic E-state index is 12.7. The Morgan fingerprint density at radius 1 is 1.10 bits per heavy atom. The van der Waals surface area contributed by atoms with Gasteiger partial charge in [0.2, 0.25) is 0 Å². The van der Waals surface area contributed by atoms with Gasteiger partial charge in [0.1, 0.15) is 5.75 Å². The van der Waals surface area contributed by atoms with Crippen molar-refractivity contribution in [3.8, 4) is 5.75 Å². The van der Waals surface area contributed by atoms with Crippen LogP contribution in [0.2, 0.25) is 0 Å². The standard InChI is InChI=1S/C23H30N4O2/c1-16-14-19(29-2)8-9-20(16)23(28)24-18-10-12-27(13-11-18)22-15-21(25-26-22)17-6-4-3-5-7-17/h3-9,14,18,21-22,25-26H,10-13,15H2,1-2H3,(H,24,28). The average Bonchev–Trinajstić information content (AvgIpc) is 3.25. The molecule has 2 aliphatic heterocycles. The normalized spacial score (nSPS) is 23.1.